The van der Waals surface area contributed by atoms with Gasteiger partial charge in [-0.15, -0.1) is 11.3 Å². The molecule has 8 nitrogen and oxygen atoms in total. The monoisotopic (exact) mass is 441 g/mol. The van der Waals surface area contributed by atoms with E-state index in [1.165, 1.54) is 0 Å². The van der Waals surface area contributed by atoms with Crippen LogP contribution in [0.3, 0.4) is 0 Å². The van der Waals surface area contributed by atoms with E-state index in [0.717, 1.165) is 16.0 Å². The minimum absolute atomic E-state index is 0.0723. The Bertz CT molecular complexity index is 1010. The molecule has 158 valence electrons. The first kappa shape index (κ1) is 19.8. The highest BCUT2D eigenvalue weighted by Gasteiger charge is 2.61. The van der Waals surface area contributed by atoms with Crippen molar-refractivity contribution in [1.82, 2.24) is 4.98 Å². The number of nitrogens with zero attached hydrogens (tertiary/aromatic N) is 1. The van der Waals surface area contributed by atoms with E-state index >= 15 is 0 Å². The third-order valence-corrected chi connectivity index (χ3v) is 8.41. The number of hydrogen-bond acceptors (Lipinski definition) is 9. The summed E-state index contributed by atoms with van der Waals surface area (Å²) < 4.78 is 57.1. The first-order chi connectivity index (χ1) is 13.5. The van der Waals surface area contributed by atoms with E-state index in [4.69, 9.17) is 23.7 Å². The maximum Gasteiger partial charge on any atom is 0.210 e. The number of rotatable bonds is 3. The van der Waals surface area contributed by atoms with Gasteiger partial charge in [0.25, 0.3) is 0 Å². The molecule has 3 saturated heterocycles. The highest BCUT2D eigenvalue weighted by atomic mass is 32.2. The van der Waals surface area contributed by atoms with Gasteiger partial charge in [-0.25, -0.2) is 13.4 Å². The predicted octanol–water partition coefficient (Wildman–Crippen LogP) is 2.47. The van der Waals surface area contributed by atoms with Crippen LogP contribution in [0.25, 0.3) is 10.2 Å². The fourth-order valence-corrected chi connectivity index (χ4v) is 6.86. The first-order valence-corrected chi connectivity index (χ1v) is 11.9. The zero-order valence-corrected chi connectivity index (χ0v) is 18.2. The summed E-state index contributed by atoms with van der Waals surface area (Å²) in [6.45, 7) is 7.16. The van der Waals surface area contributed by atoms with E-state index in [1.54, 1.807) is 33.8 Å². The van der Waals surface area contributed by atoms with E-state index in [0.29, 0.717) is 5.52 Å². The number of fused-ring (bicyclic) bond motifs is 4. The SMILES string of the molecule is CC1(C)O[C@H]2[C@@H](O1)[C@@H](CS(=O)(=O)c1nc3ccccc3s1)O[C@@H]1OC(C)(C)O[C@@H]12. The van der Waals surface area contributed by atoms with E-state index in [1.807, 2.05) is 18.2 Å². The van der Waals surface area contributed by atoms with Crippen LogP contribution < -0.4 is 0 Å². The summed E-state index contributed by atoms with van der Waals surface area (Å²) in [5, 5.41) is 0. The average molecular weight is 442 g/mol. The quantitative estimate of drug-likeness (QED) is 0.717. The number of thiazole rings is 1. The number of ether oxygens (including phenoxy) is 5. The molecular weight excluding hydrogens is 418 g/mol. The minimum atomic E-state index is -3.70. The highest BCUT2D eigenvalue weighted by molar-refractivity contribution is 7.93. The second-order valence-corrected chi connectivity index (χ2v) is 11.7. The summed E-state index contributed by atoms with van der Waals surface area (Å²) in [7, 11) is -3.70. The lowest BCUT2D eigenvalue weighted by atomic mass is 10.00. The molecule has 0 unspecified atom stereocenters. The number of sulfone groups is 1. The Morgan fingerprint density at radius 1 is 0.966 bits per heavy atom. The largest absolute Gasteiger partial charge is 0.343 e. The molecule has 0 radical (unpaired) electrons. The maximum atomic E-state index is 13.1. The van der Waals surface area contributed by atoms with Crippen molar-refractivity contribution in [3.8, 4) is 0 Å². The number of hydrogen-bond donors (Lipinski definition) is 0. The Hall–Kier alpha value is -1.14. The van der Waals surface area contributed by atoms with Crippen molar-refractivity contribution in [2.24, 2.45) is 0 Å². The van der Waals surface area contributed by atoms with Gasteiger partial charge in [0.2, 0.25) is 14.2 Å². The van der Waals surface area contributed by atoms with E-state index < -0.39 is 52.1 Å². The molecule has 3 fully saturated rings. The molecule has 0 bridgehead atoms. The summed E-state index contributed by atoms with van der Waals surface area (Å²) in [4.78, 5) is 4.30. The number of para-hydroxylation sites is 1. The predicted molar refractivity (Wildman–Crippen MR) is 104 cm³/mol. The standard InChI is InChI=1S/C19H23NO7S2/c1-18(2)24-13-11(23-16-15(14(13)25-18)26-19(3,4)27-16)9-29(21,22)17-20-10-7-5-6-8-12(10)28-17/h5-8,11,13-16H,9H2,1-4H3/t11-,13+,14+,15-,16-/m1/s1. The molecule has 1 aromatic heterocycles. The van der Waals surface area contributed by atoms with Gasteiger partial charge in [-0.2, -0.15) is 0 Å². The highest BCUT2D eigenvalue weighted by Crippen LogP contribution is 2.44. The third kappa shape index (κ3) is 3.50. The summed E-state index contributed by atoms with van der Waals surface area (Å²) in [5.74, 6) is -2.00. The minimum Gasteiger partial charge on any atom is -0.343 e. The molecule has 3 aliphatic heterocycles. The van der Waals surface area contributed by atoms with Gasteiger partial charge >= 0.3 is 0 Å². The van der Waals surface area contributed by atoms with Crippen LogP contribution in [0.2, 0.25) is 0 Å². The lowest BCUT2D eigenvalue weighted by molar-refractivity contribution is -0.228. The van der Waals surface area contributed by atoms with Crippen molar-refractivity contribution < 1.29 is 32.1 Å². The number of benzene rings is 1. The molecule has 5 rings (SSSR count). The molecule has 0 N–H and O–H groups in total. The van der Waals surface area contributed by atoms with Crippen LogP contribution in [-0.2, 0) is 33.5 Å². The Morgan fingerprint density at radius 2 is 1.62 bits per heavy atom. The molecule has 5 atom stereocenters. The summed E-state index contributed by atoms with van der Waals surface area (Å²) in [5.41, 5.74) is 0.662. The smallest absolute Gasteiger partial charge is 0.210 e. The number of aromatic nitrogens is 1. The van der Waals surface area contributed by atoms with Crippen LogP contribution in [0, 0.1) is 0 Å². The van der Waals surface area contributed by atoms with Gasteiger partial charge in [-0.3, -0.25) is 0 Å². The van der Waals surface area contributed by atoms with Crippen LogP contribution in [0.1, 0.15) is 27.7 Å². The Kier molecular flexibility index (Phi) is 4.39. The molecule has 0 aliphatic carbocycles. The van der Waals surface area contributed by atoms with Crippen LogP contribution in [0.15, 0.2) is 28.6 Å². The van der Waals surface area contributed by atoms with Crippen LogP contribution >= 0.6 is 11.3 Å². The summed E-state index contributed by atoms with van der Waals surface area (Å²) in [6.07, 6.45) is -3.05. The second kappa shape index (κ2) is 6.43. The third-order valence-electron chi connectivity index (χ3n) is 5.17. The van der Waals surface area contributed by atoms with Gasteiger partial charge in [0.1, 0.15) is 24.4 Å². The van der Waals surface area contributed by atoms with Gasteiger partial charge in [0.15, 0.2) is 17.9 Å². The Morgan fingerprint density at radius 3 is 2.38 bits per heavy atom. The molecule has 1 aromatic carbocycles. The van der Waals surface area contributed by atoms with Crippen LogP contribution in [-0.4, -0.2) is 61.4 Å². The van der Waals surface area contributed by atoms with E-state index in [9.17, 15) is 8.42 Å². The molecule has 10 heteroatoms. The van der Waals surface area contributed by atoms with E-state index in [2.05, 4.69) is 4.98 Å². The van der Waals surface area contributed by atoms with Crippen molar-refractivity contribution in [2.75, 3.05) is 5.75 Å². The average Bonchev–Trinajstić information content (AvgIpc) is 3.26. The molecule has 0 saturated carbocycles. The maximum absolute atomic E-state index is 13.1. The lowest BCUT2D eigenvalue weighted by Gasteiger charge is -2.36. The van der Waals surface area contributed by atoms with Crippen molar-refractivity contribution in [3.05, 3.63) is 24.3 Å². The van der Waals surface area contributed by atoms with Crippen LogP contribution in [0.4, 0.5) is 0 Å². The van der Waals surface area contributed by atoms with Gasteiger partial charge in [-0.1, -0.05) is 12.1 Å². The molecule has 29 heavy (non-hydrogen) atoms. The van der Waals surface area contributed by atoms with Gasteiger partial charge in [-0.05, 0) is 39.8 Å². The zero-order chi connectivity index (χ0) is 20.6. The Labute approximate surface area is 173 Å². The molecule has 3 aliphatic rings. The molecular formula is C19H23NO7S2. The molecule has 0 spiro atoms. The molecule has 0 amide bonds. The van der Waals surface area contributed by atoms with Gasteiger partial charge in [0.05, 0.1) is 16.0 Å². The van der Waals surface area contributed by atoms with Crippen molar-refractivity contribution in [3.63, 3.8) is 0 Å². The molecule has 4 heterocycles. The summed E-state index contributed by atoms with van der Waals surface area (Å²) in [6, 6.07) is 7.34. The molecule has 2 aromatic rings. The van der Waals surface area contributed by atoms with Crippen molar-refractivity contribution >= 4 is 31.4 Å². The Balaban J connectivity index is 1.45. The van der Waals surface area contributed by atoms with Crippen LogP contribution in [0.5, 0.6) is 0 Å². The summed E-state index contributed by atoms with van der Waals surface area (Å²) >= 11 is 1.15. The van der Waals surface area contributed by atoms with E-state index in [-0.39, 0.29) is 10.1 Å². The first-order valence-electron chi connectivity index (χ1n) is 9.48. The van der Waals surface area contributed by atoms with Gasteiger partial charge in [0, 0.05) is 0 Å². The normalized spacial score (nSPS) is 35.5. The van der Waals surface area contributed by atoms with Crippen molar-refractivity contribution in [2.45, 2.75) is 74.3 Å². The van der Waals surface area contributed by atoms with Crippen molar-refractivity contribution in [1.29, 1.82) is 0 Å². The lowest BCUT2D eigenvalue weighted by Crippen LogP contribution is -2.56. The second-order valence-electron chi connectivity index (χ2n) is 8.44. The fraction of sp³-hybridized carbons (Fsp3) is 0.632. The fourth-order valence-electron chi connectivity index (χ4n) is 4.10. The topological polar surface area (TPSA) is 93.2 Å². The zero-order valence-electron chi connectivity index (χ0n) is 16.5. The van der Waals surface area contributed by atoms with Gasteiger partial charge < -0.3 is 23.7 Å².